The Labute approximate surface area is 157 Å². The fraction of sp³-hybridized carbons (Fsp3) is 0.316. The number of benzene rings is 2. The summed E-state index contributed by atoms with van der Waals surface area (Å²) in [5.41, 5.74) is 5.01. The largest absolute Gasteiger partial charge is 0.493 e. The Morgan fingerprint density at radius 1 is 1.04 bits per heavy atom. The average Bonchev–Trinajstić information content (AvgIpc) is 2.64. The minimum absolute atomic E-state index is 0.579. The predicted octanol–water partition coefficient (Wildman–Crippen LogP) is 4.38. The Bertz CT molecular complexity index is 720. The molecular weight excluding hydrogens is 384 g/mol. The number of nitrogens with one attached hydrogen (secondary N) is 1. The van der Waals surface area contributed by atoms with Gasteiger partial charge in [-0.1, -0.05) is 28.9 Å². The number of hydrogen-bond donors (Lipinski definition) is 1. The molecule has 0 spiro atoms. The summed E-state index contributed by atoms with van der Waals surface area (Å²) in [5.74, 6) is 2.23. The van der Waals surface area contributed by atoms with Crippen LogP contribution in [-0.2, 0) is 6.54 Å². The van der Waals surface area contributed by atoms with Crippen molar-refractivity contribution in [2.24, 2.45) is 5.10 Å². The molecule has 0 aliphatic carbocycles. The summed E-state index contributed by atoms with van der Waals surface area (Å²) in [7, 11) is 3.24. The van der Waals surface area contributed by atoms with E-state index >= 15 is 0 Å². The lowest BCUT2D eigenvalue weighted by Crippen LogP contribution is -2.06. The van der Waals surface area contributed by atoms with Crippen molar-refractivity contribution in [1.29, 1.82) is 0 Å². The van der Waals surface area contributed by atoms with Gasteiger partial charge in [0.15, 0.2) is 11.5 Å². The van der Waals surface area contributed by atoms with Gasteiger partial charge in [0.1, 0.15) is 5.75 Å². The Balaban J connectivity index is 2.00. The summed E-state index contributed by atoms with van der Waals surface area (Å²) in [6.07, 6.45) is 2.72. The highest BCUT2D eigenvalue weighted by Gasteiger charge is 2.04. The SMILES string of the molecule is CCCOc1ccc(Br)cc1/C=N/NCc1ccc(OC)c(OC)c1. The maximum atomic E-state index is 5.74. The monoisotopic (exact) mass is 406 g/mol. The zero-order chi connectivity index (χ0) is 18.1. The minimum Gasteiger partial charge on any atom is -0.493 e. The molecule has 134 valence electrons. The van der Waals surface area contributed by atoms with Crippen molar-refractivity contribution in [3.8, 4) is 17.2 Å². The first-order valence-corrected chi connectivity index (χ1v) is 8.86. The first-order chi connectivity index (χ1) is 12.2. The summed E-state index contributed by atoms with van der Waals surface area (Å²) in [4.78, 5) is 0. The molecule has 0 aromatic heterocycles. The van der Waals surface area contributed by atoms with E-state index in [4.69, 9.17) is 14.2 Å². The van der Waals surface area contributed by atoms with Gasteiger partial charge in [0, 0.05) is 10.0 Å². The lowest BCUT2D eigenvalue weighted by atomic mass is 10.2. The molecule has 0 saturated heterocycles. The van der Waals surface area contributed by atoms with E-state index in [-0.39, 0.29) is 0 Å². The van der Waals surface area contributed by atoms with Gasteiger partial charge in [0.05, 0.1) is 33.6 Å². The Morgan fingerprint density at radius 3 is 2.52 bits per heavy atom. The molecular formula is C19H23BrN2O3. The summed E-state index contributed by atoms with van der Waals surface area (Å²) in [5, 5.41) is 4.30. The summed E-state index contributed by atoms with van der Waals surface area (Å²) in [6, 6.07) is 11.7. The molecule has 0 heterocycles. The van der Waals surface area contributed by atoms with Crippen LogP contribution in [0.4, 0.5) is 0 Å². The predicted molar refractivity (Wildman–Crippen MR) is 104 cm³/mol. The van der Waals surface area contributed by atoms with Crippen molar-refractivity contribution < 1.29 is 14.2 Å². The molecule has 2 aromatic carbocycles. The normalized spacial score (nSPS) is 10.7. The van der Waals surface area contributed by atoms with Gasteiger partial charge >= 0.3 is 0 Å². The van der Waals surface area contributed by atoms with E-state index in [1.54, 1.807) is 20.4 Å². The van der Waals surface area contributed by atoms with Crippen LogP contribution in [0.25, 0.3) is 0 Å². The van der Waals surface area contributed by atoms with E-state index in [1.807, 2.05) is 36.4 Å². The molecule has 6 heteroatoms. The molecule has 0 saturated carbocycles. The summed E-state index contributed by atoms with van der Waals surface area (Å²) < 4.78 is 17.3. The Hall–Kier alpha value is -2.21. The highest BCUT2D eigenvalue weighted by molar-refractivity contribution is 9.10. The summed E-state index contributed by atoms with van der Waals surface area (Å²) in [6.45, 7) is 3.34. The lowest BCUT2D eigenvalue weighted by Gasteiger charge is -2.10. The van der Waals surface area contributed by atoms with Crippen molar-refractivity contribution in [2.75, 3.05) is 20.8 Å². The van der Waals surface area contributed by atoms with Crippen LogP contribution >= 0.6 is 15.9 Å². The zero-order valence-electron chi connectivity index (χ0n) is 14.7. The van der Waals surface area contributed by atoms with Crippen LogP contribution in [0.5, 0.6) is 17.2 Å². The standard InChI is InChI=1S/C19H23BrN2O3/c1-4-9-25-17-8-6-16(20)11-15(17)13-22-21-12-14-5-7-18(23-2)19(10-14)24-3/h5-8,10-11,13,21H,4,9,12H2,1-3H3/b22-13+. The first kappa shape index (κ1) is 19.1. The van der Waals surface area contributed by atoms with Crippen LogP contribution < -0.4 is 19.6 Å². The molecule has 0 aliphatic heterocycles. The van der Waals surface area contributed by atoms with E-state index in [9.17, 15) is 0 Å². The minimum atomic E-state index is 0.579. The Kier molecular flexibility index (Phi) is 7.60. The molecule has 0 atom stereocenters. The quantitative estimate of drug-likeness (QED) is 0.495. The lowest BCUT2D eigenvalue weighted by molar-refractivity contribution is 0.317. The van der Waals surface area contributed by atoms with E-state index in [0.717, 1.165) is 27.8 Å². The molecule has 0 radical (unpaired) electrons. The van der Waals surface area contributed by atoms with Crippen molar-refractivity contribution in [2.45, 2.75) is 19.9 Å². The molecule has 0 bridgehead atoms. The third kappa shape index (κ3) is 5.67. The Morgan fingerprint density at radius 2 is 1.80 bits per heavy atom. The van der Waals surface area contributed by atoms with Crippen LogP contribution in [0.1, 0.15) is 24.5 Å². The summed E-state index contributed by atoms with van der Waals surface area (Å²) >= 11 is 3.48. The second kappa shape index (κ2) is 9.93. The van der Waals surface area contributed by atoms with Gasteiger partial charge in [0.25, 0.3) is 0 Å². The van der Waals surface area contributed by atoms with Crippen molar-refractivity contribution in [1.82, 2.24) is 5.43 Å². The van der Waals surface area contributed by atoms with Crippen molar-refractivity contribution in [3.63, 3.8) is 0 Å². The van der Waals surface area contributed by atoms with Crippen LogP contribution in [0.2, 0.25) is 0 Å². The van der Waals surface area contributed by atoms with Gasteiger partial charge in [-0.2, -0.15) is 5.10 Å². The van der Waals surface area contributed by atoms with Gasteiger partial charge in [-0.05, 0) is 42.3 Å². The molecule has 5 nitrogen and oxygen atoms in total. The smallest absolute Gasteiger partial charge is 0.161 e. The molecule has 2 rings (SSSR count). The highest BCUT2D eigenvalue weighted by atomic mass is 79.9. The van der Waals surface area contributed by atoms with Gasteiger partial charge < -0.3 is 19.6 Å². The number of ether oxygens (including phenoxy) is 3. The zero-order valence-corrected chi connectivity index (χ0v) is 16.3. The topological polar surface area (TPSA) is 52.1 Å². The molecule has 0 unspecified atom stereocenters. The van der Waals surface area contributed by atoms with E-state index in [1.165, 1.54) is 0 Å². The number of methoxy groups -OCH3 is 2. The maximum absolute atomic E-state index is 5.74. The van der Waals surface area contributed by atoms with Gasteiger partial charge in [-0.15, -0.1) is 0 Å². The second-order valence-electron chi connectivity index (χ2n) is 5.31. The number of hydrazone groups is 1. The number of rotatable bonds is 9. The van der Waals surface area contributed by atoms with Crippen LogP contribution in [0.15, 0.2) is 46.0 Å². The third-order valence-electron chi connectivity index (χ3n) is 3.46. The number of hydrogen-bond acceptors (Lipinski definition) is 5. The van der Waals surface area contributed by atoms with Crippen LogP contribution in [0, 0.1) is 0 Å². The number of halogens is 1. The van der Waals surface area contributed by atoms with Gasteiger partial charge in [-0.3, -0.25) is 0 Å². The molecule has 0 aliphatic rings. The van der Waals surface area contributed by atoms with Crippen LogP contribution in [-0.4, -0.2) is 27.0 Å². The molecule has 25 heavy (non-hydrogen) atoms. The van der Waals surface area contributed by atoms with E-state index < -0.39 is 0 Å². The van der Waals surface area contributed by atoms with Gasteiger partial charge in [-0.25, -0.2) is 0 Å². The molecule has 2 aromatic rings. The van der Waals surface area contributed by atoms with E-state index in [0.29, 0.717) is 24.7 Å². The van der Waals surface area contributed by atoms with E-state index in [2.05, 4.69) is 33.4 Å². The van der Waals surface area contributed by atoms with Gasteiger partial charge in [0.2, 0.25) is 0 Å². The fourth-order valence-electron chi connectivity index (χ4n) is 2.21. The first-order valence-electron chi connectivity index (χ1n) is 8.07. The molecule has 0 fully saturated rings. The highest BCUT2D eigenvalue weighted by Crippen LogP contribution is 2.27. The van der Waals surface area contributed by atoms with Crippen molar-refractivity contribution >= 4 is 22.1 Å². The molecule has 1 N–H and O–H groups in total. The fourth-order valence-corrected chi connectivity index (χ4v) is 2.59. The third-order valence-corrected chi connectivity index (χ3v) is 3.95. The second-order valence-corrected chi connectivity index (χ2v) is 6.23. The molecule has 0 amide bonds. The maximum Gasteiger partial charge on any atom is 0.161 e. The van der Waals surface area contributed by atoms with Crippen LogP contribution in [0.3, 0.4) is 0 Å². The average molecular weight is 407 g/mol. The van der Waals surface area contributed by atoms with Crippen molar-refractivity contribution in [3.05, 3.63) is 52.0 Å². The number of nitrogens with zero attached hydrogens (tertiary/aromatic N) is 1.